The van der Waals surface area contributed by atoms with E-state index < -0.39 is 0 Å². The van der Waals surface area contributed by atoms with Crippen molar-refractivity contribution < 1.29 is 4.74 Å². The maximum absolute atomic E-state index is 5.75. The second-order valence-electron chi connectivity index (χ2n) is 5.45. The van der Waals surface area contributed by atoms with Gasteiger partial charge in [0.25, 0.3) is 0 Å². The predicted octanol–water partition coefficient (Wildman–Crippen LogP) is 3.90. The second kappa shape index (κ2) is 6.12. The Kier molecular flexibility index (Phi) is 4.22. The number of benzene rings is 1. The van der Waals surface area contributed by atoms with Crippen LogP contribution in [-0.4, -0.2) is 16.0 Å². The third kappa shape index (κ3) is 3.80. The maximum atomic E-state index is 5.75. The van der Waals surface area contributed by atoms with Gasteiger partial charge in [-0.15, -0.1) is 0 Å². The van der Waals surface area contributed by atoms with Gasteiger partial charge in [-0.25, -0.2) is 4.98 Å². The highest BCUT2D eigenvalue weighted by Gasteiger charge is 2.20. The fourth-order valence-electron chi connectivity index (χ4n) is 2.02. The van der Waals surface area contributed by atoms with Crippen LogP contribution in [0.5, 0.6) is 11.8 Å². The molecule has 1 saturated carbocycles. The van der Waals surface area contributed by atoms with Crippen LogP contribution in [0.3, 0.4) is 0 Å². The van der Waals surface area contributed by atoms with Gasteiger partial charge in [-0.2, -0.15) is 4.98 Å². The standard InChI is InChI=1S/C16H18BrN3O/c1-10-3-6-15(14(17)7-10)21-16-19-9-12(11(2)20-16)8-18-13-4-5-13/h3,6-7,9,13,18H,4-5,8H2,1-2H3. The van der Waals surface area contributed by atoms with E-state index in [2.05, 4.69) is 31.2 Å². The number of nitrogens with one attached hydrogen (secondary N) is 1. The molecule has 1 aliphatic rings. The average Bonchev–Trinajstić information content (AvgIpc) is 3.25. The lowest BCUT2D eigenvalue weighted by molar-refractivity contribution is 0.436. The van der Waals surface area contributed by atoms with Gasteiger partial charge < -0.3 is 10.1 Å². The second-order valence-corrected chi connectivity index (χ2v) is 6.31. The Morgan fingerprint density at radius 1 is 1.33 bits per heavy atom. The molecule has 0 aliphatic heterocycles. The first-order valence-electron chi connectivity index (χ1n) is 7.12. The maximum Gasteiger partial charge on any atom is 0.322 e. The van der Waals surface area contributed by atoms with Gasteiger partial charge in [-0.05, 0) is 60.3 Å². The number of aryl methyl sites for hydroxylation is 2. The summed E-state index contributed by atoms with van der Waals surface area (Å²) in [4.78, 5) is 8.74. The van der Waals surface area contributed by atoms with Gasteiger partial charge in [0.1, 0.15) is 5.75 Å². The van der Waals surface area contributed by atoms with Crippen LogP contribution in [0.4, 0.5) is 0 Å². The smallest absolute Gasteiger partial charge is 0.322 e. The molecular formula is C16H18BrN3O. The minimum Gasteiger partial charge on any atom is -0.423 e. The zero-order chi connectivity index (χ0) is 14.8. The molecule has 0 atom stereocenters. The summed E-state index contributed by atoms with van der Waals surface area (Å²) in [6, 6.07) is 6.99. The van der Waals surface area contributed by atoms with Crippen molar-refractivity contribution >= 4 is 15.9 Å². The summed E-state index contributed by atoms with van der Waals surface area (Å²) in [5.41, 5.74) is 3.25. The van der Waals surface area contributed by atoms with Gasteiger partial charge in [0, 0.05) is 30.0 Å². The largest absolute Gasteiger partial charge is 0.423 e. The van der Waals surface area contributed by atoms with Crippen molar-refractivity contribution in [2.45, 2.75) is 39.3 Å². The summed E-state index contributed by atoms with van der Waals surface area (Å²) in [6.07, 6.45) is 4.40. The molecule has 1 heterocycles. The molecule has 3 rings (SSSR count). The highest BCUT2D eigenvalue weighted by Crippen LogP contribution is 2.29. The lowest BCUT2D eigenvalue weighted by atomic mass is 10.2. The van der Waals surface area contributed by atoms with Crippen molar-refractivity contribution in [1.29, 1.82) is 0 Å². The summed E-state index contributed by atoms with van der Waals surface area (Å²) in [6.45, 7) is 4.85. The van der Waals surface area contributed by atoms with Crippen molar-refractivity contribution in [3.05, 3.63) is 45.7 Å². The minimum absolute atomic E-state index is 0.382. The van der Waals surface area contributed by atoms with E-state index in [4.69, 9.17) is 4.74 Å². The first-order chi connectivity index (χ1) is 10.1. The van der Waals surface area contributed by atoms with Crippen LogP contribution in [0.25, 0.3) is 0 Å². The molecule has 5 heteroatoms. The first-order valence-corrected chi connectivity index (χ1v) is 7.91. The molecule has 110 valence electrons. The third-order valence-corrected chi connectivity index (χ3v) is 4.13. The molecule has 4 nitrogen and oxygen atoms in total. The Balaban J connectivity index is 1.71. The van der Waals surface area contributed by atoms with Crippen molar-refractivity contribution in [2.24, 2.45) is 0 Å². The molecule has 0 unspecified atom stereocenters. The van der Waals surface area contributed by atoms with Crippen LogP contribution in [-0.2, 0) is 6.54 Å². The van der Waals surface area contributed by atoms with Gasteiger partial charge in [-0.3, -0.25) is 0 Å². The number of nitrogens with zero attached hydrogens (tertiary/aromatic N) is 2. The van der Waals surface area contributed by atoms with Crippen LogP contribution in [0.2, 0.25) is 0 Å². The van der Waals surface area contributed by atoms with Gasteiger partial charge in [-0.1, -0.05) is 6.07 Å². The zero-order valence-electron chi connectivity index (χ0n) is 12.2. The number of hydrogen-bond donors (Lipinski definition) is 1. The summed E-state index contributed by atoms with van der Waals surface area (Å²) in [5.74, 6) is 0.726. The van der Waals surface area contributed by atoms with E-state index in [1.807, 2.05) is 38.2 Å². The number of ether oxygens (including phenoxy) is 1. The molecule has 2 aromatic rings. The third-order valence-electron chi connectivity index (χ3n) is 3.51. The molecule has 0 bridgehead atoms. The lowest BCUT2D eigenvalue weighted by Crippen LogP contribution is -2.16. The minimum atomic E-state index is 0.382. The Morgan fingerprint density at radius 2 is 2.14 bits per heavy atom. The molecule has 1 aromatic carbocycles. The lowest BCUT2D eigenvalue weighted by Gasteiger charge is -2.10. The normalized spacial score (nSPS) is 14.2. The van der Waals surface area contributed by atoms with E-state index in [1.54, 1.807) is 0 Å². The number of hydrogen-bond acceptors (Lipinski definition) is 4. The molecule has 1 aliphatic carbocycles. The van der Waals surface area contributed by atoms with Crippen molar-refractivity contribution in [3.63, 3.8) is 0 Å². The molecule has 0 radical (unpaired) electrons. The van der Waals surface area contributed by atoms with E-state index >= 15 is 0 Å². The van der Waals surface area contributed by atoms with Crippen LogP contribution in [0.15, 0.2) is 28.9 Å². The Hall–Kier alpha value is -1.46. The van der Waals surface area contributed by atoms with Crippen LogP contribution in [0, 0.1) is 13.8 Å². The van der Waals surface area contributed by atoms with Crippen molar-refractivity contribution in [1.82, 2.24) is 15.3 Å². The average molecular weight is 348 g/mol. The molecule has 0 amide bonds. The molecule has 1 fully saturated rings. The highest BCUT2D eigenvalue weighted by molar-refractivity contribution is 9.10. The summed E-state index contributed by atoms with van der Waals surface area (Å²) < 4.78 is 6.65. The van der Waals surface area contributed by atoms with Crippen molar-refractivity contribution in [2.75, 3.05) is 0 Å². The van der Waals surface area contributed by atoms with Crippen LogP contribution in [0.1, 0.15) is 29.7 Å². The summed E-state index contributed by atoms with van der Waals surface area (Å²) in [5, 5.41) is 3.47. The Morgan fingerprint density at radius 3 is 2.81 bits per heavy atom. The fraction of sp³-hybridized carbons (Fsp3) is 0.375. The molecule has 0 saturated heterocycles. The van der Waals surface area contributed by atoms with E-state index in [0.717, 1.165) is 28.0 Å². The highest BCUT2D eigenvalue weighted by atomic mass is 79.9. The van der Waals surface area contributed by atoms with Crippen molar-refractivity contribution in [3.8, 4) is 11.8 Å². The van der Waals surface area contributed by atoms with Crippen LogP contribution < -0.4 is 10.1 Å². The van der Waals surface area contributed by atoms with Gasteiger partial charge >= 0.3 is 6.01 Å². The SMILES string of the molecule is Cc1ccc(Oc2ncc(CNC3CC3)c(C)n2)c(Br)c1. The molecule has 21 heavy (non-hydrogen) atoms. The molecule has 0 spiro atoms. The van der Waals surface area contributed by atoms with Crippen LogP contribution >= 0.6 is 15.9 Å². The monoisotopic (exact) mass is 347 g/mol. The molecule has 1 aromatic heterocycles. The molecule has 1 N–H and O–H groups in total. The Labute approximate surface area is 133 Å². The van der Waals surface area contributed by atoms with Gasteiger partial charge in [0.15, 0.2) is 0 Å². The summed E-state index contributed by atoms with van der Waals surface area (Å²) in [7, 11) is 0. The molecular weight excluding hydrogens is 330 g/mol. The number of aromatic nitrogens is 2. The topological polar surface area (TPSA) is 47.0 Å². The summed E-state index contributed by atoms with van der Waals surface area (Å²) >= 11 is 3.49. The van der Waals surface area contributed by atoms with E-state index in [1.165, 1.54) is 18.4 Å². The van der Waals surface area contributed by atoms with E-state index in [9.17, 15) is 0 Å². The first kappa shape index (κ1) is 14.5. The van der Waals surface area contributed by atoms with Gasteiger partial charge in [0.05, 0.1) is 4.47 Å². The van der Waals surface area contributed by atoms with E-state index in [-0.39, 0.29) is 0 Å². The Bertz CT molecular complexity index is 656. The fourth-order valence-corrected chi connectivity index (χ4v) is 2.60. The number of rotatable bonds is 5. The van der Waals surface area contributed by atoms with Gasteiger partial charge in [0.2, 0.25) is 0 Å². The quantitative estimate of drug-likeness (QED) is 0.890. The zero-order valence-corrected chi connectivity index (χ0v) is 13.8. The predicted molar refractivity (Wildman–Crippen MR) is 85.6 cm³/mol. The number of halogens is 1. The van der Waals surface area contributed by atoms with E-state index in [0.29, 0.717) is 12.1 Å².